The second kappa shape index (κ2) is 8.47. The Morgan fingerprint density at radius 1 is 1.36 bits per heavy atom. The van der Waals surface area contributed by atoms with Gasteiger partial charge in [-0.3, -0.25) is 4.79 Å². The molecule has 0 aliphatic heterocycles. The highest BCUT2D eigenvalue weighted by molar-refractivity contribution is 7.99. The summed E-state index contributed by atoms with van der Waals surface area (Å²) in [6.45, 7) is 6.60. The lowest BCUT2D eigenvalue weighted by atomic mass is 10.1. The summed E-state index contributed by atoms with van der Waals surface area (Å²) in [4.78, 5) is 12.1. The number of nitrogens with one attached hydrogen (secondary N) is 1. The molecule has 22 heavy (non-hydrogen) atoms. The van der Waals surface area contributed by atoms with Gasteiger partial charge in [-0.25, -0.2) is 0 Å². The standard InChI is InChI=1S/C18H27NO2S/c1-13-7-6-10-17(14(13)2)21-15(3)18(20)19-11-12-22-16-8-4-5-9-16/h6-7,10,15-16H,4-5,8-9,11-12H2,1-3H3,(H,19,20)/t15-/m1/s1. The second-order valence-electron chi connectivity index (χ2n) is 6.03. The van der Waals surface area contributed by atoms with Crippen molar-refractivity contribution in [3.63, 3.8) is 0 Å². The van der Waals surface area contributed by atoms with Gasteiger partial charge < -0.3 is 10.1 Å². The highest BCUT2D eigenvalue weighted by atomic mass is 32.2. The maximum absolute atomic E-state index is 12.1. The first kappa shape index (κ1) is 17.2. The molecule has 1 aromatic carbocycles. The number of carbonyl (C=O) groups excluding carboxylic acids is 1. The van der Waals surface area contributed by atoms with Crippen LogP contribution in [0, 0.1) is 13.8 Å². The predicted octanol–water partition coefficient (Wildman–Crippen LogP) is 3.86. The normalized spacial score (nSPS) is 16.5. The maximum Gasteiger partial charge on any atom is 0.260 e. The number of carbonyl (C=O) groups is 1. The van der Waals surface area contributed by atoms with E-state index in [1.54, 1.807) is 6.92 Å². The molecular weight excluding hydrogens is 294 g/mol. The van der Waals surface area contributed by atoms with Gasteiger partial charge in [0.05, 0.1) is 0 Å². The molecule has 1 aliphatic rings. The van der Waals surface area contributed by atoms with Crippen molar-refractivity contribution in [3.8, 4) is 5.75 Å². The molecule has 0 spiro atoms. The minimum atomic E-state index is -0.461. The van der Waals surface area contributed by atoms with Crippen molar-refractivity contribution in [1.82, 2.24) is 5.32 Å². The molecular formula is C18H27NO2S. The summed E-state index contributed by atoms with van der Waals surface area (Å²) in [5.74, 6) is 1.75. The third kappa shape index (κ3) is 4.94. The summed E-state index contributed by atoms with van der Waals surface area (Å²) < 4.78 is 5.80. The summed E-state index contributed by atoms with van der Waals surface area (Å²) in [5, 5.41) is 3.78. The van der Waals surface area contributed by atoms with Crippen molar-refractivity contribution in [1.29, 1.82) is 0 Å². The lowest BCUT2D eigenvalue weighted by Gasteiger charge is -2.17. The van der Waals surface area contributed by atoms with Crippen LogP contribution in [0.3, 0.4) is 0 Å². The van der Waals surface area contributed by atoms with Crippen molar-refractivity contribution in [2.24, 2.45) is 0 Å². The summed E-state index contributed by atoms with van der Waals surface area (Å²) in [6.07, 6.45) is 4.95. The van der Waals surface area contributed by atoms with E-state index in [4.69, 9.17) is 4.74 Å². The van der Waals surface area contributed by atoms with Gasteiger partial charge in [-0.05, 0) is 50.8 Å². The van der Waals surface area contributed by atoms with E-state index in [0.29, 0.717) is 0 Å². The monoisotopic (exact) mass is 321 g/mol. The van der Waals surface area contributed by atoms with Gasteiger partial charge in [-0.1, -0.05) is 25.0 Å². The highest BCUT2D eigenvalue weighted by Crippen LogP contribution is 2.28. The van der Waals surface area contributed by atoms with Gasteiger partial charge in [0, 0.05) is 17.5 Å². The van der Waals surface area contributed by atoms with Crippen LogP contribution >= 0.6 is 11.8 Å². The summed E-state index contributed by atoms with van der Waals surface area (Å²) >= 11 is 1.99. The zero-order valence-corrected chi connectivity index (χ0v) is 14.7. The minimum Gasteiger partial charge on any atom is -0.481 e. The van der Waals surface area contributed by atoms with Crippen LogP contribution in [-0.2, 0) is 4.79 Å². The van der Waals surface area contributed by atoms with E-state index < -0.39 is 6.10 Å². The number of hydrogen-bond acceptors (Lipinski definition) is 3. The zero-order valence-electron chi connectivity index (χ0n) is 13.9. The fourth-order valence-electron chi connectivity index (χ4n) is 2.69. The number of ether oxygens (including phenoxy) is 1. The number of hydrogen-bond donors (Lipinski definition) is 1. The molecule has 1 saturated carbocycles. The van der Waals surface area contributed by atoms with Crippen LogP contribution in [0.15, 0.2) is 18.2 Å². The quantitative estimate of drug-likeness (QED) is 0.775. The topological polar surface area (TPSA) is 38.3 Å². The molecule has 0 heterocycles. The molecule has 0 radical (unpaired) electrons. The van der Waals surface area contributed by atoms with Crippen LogP contribution in [0.4, 0.5) is 0 Å². The molecule has 1 amide bonds. The maximum atomic E-state index is 12.1. The second-order valence-corrected chi connectivity index (χ2v) is 7.43. The number of thioether (sulfide) groups is 1. The smallest absolute Gasteiger partial charge is 0.260 e. The summed E-state index contributed by atoms with van der Waals surface area (Å²) in [5.41, 5.74) is 2.28. The molecule has 2 rings (SSSR count). The Balaban J connectivity index is 1.71. The predicted molar refractivity (Wildman–Crippen MR) is 93.7 cm³/mol. The molecule has 122 valence electrons. The van der Waals surface area contributed by atoms with Crippen molar-refractivity contribution in [2.45, 2.75) is 57.8 Å². The van der Waals surface area contributed by atoms with E-state index >= 15 is 0 Å². The Kier molecular flexibility index (Phi) is 6.62. The first-order valence-electron chi connectivity index (χ1n) is 8.20. The lowest BCUT2D eigenvalue weighted by molar-refractivity contribution is -0.127. The molecule has 1 aromatic rings. The van der Waals surface area contributed by atoms with E-state index in [2.05, 4.69) is 5.32 Å². The molecule has 0 unspecified atom stereocenters. The van der Waals surface area contributed by atoms with E-state index in [-0.39, 0.29) is 5.91 Å². The van der Waals surface area contributed by atoms with E-state index in [0.717, 1.165) is 28.9 Å². The Labute approximate surface area is 138 Å². The van der Waals surface area contributed by atoms with Gasteiger partial charge in [0.1, 0.15) is 5.75 Å². The number of aryl methyl sites for hydroxylation is 1. The van der Waals surface area contributed by atoms with Crippen LogP contribution in [0.25, 0.3) is 0 Å². The molecule has 4 heteroatoms. The average molecular weight is 321 g/mol. The molecule has 1 N–H and O–H groups in total. The highest BCUT2D eigenvalue weighted by Gasteiger charge is 2.17. The number of rotatable bonds is 7. The minimum absolute atomic E-state index is 0.0343. The fraction of sp³-hybridized carbons (Fsp3) is 0.611. The number of amides is 1. The Morgan fingerprint density at radius 2 is 2.09 bits per heavy atom. The average Bonchev–Trinajstić information content (AvgIpc) is 3.01. The summed E-state index contributed by atoms with van der Waals surface area (Å²) in [6, 6.07) is 5.93. The van der Waals surface area contributed by atoms with Crippen LogP contribution in [0.1, 0.15) is 43.7 Å². The number of benzene rings is 1. The SMILES string of the molecule is Cc1cccc(O[C@H](C)C(=O)NCCSC2CCCC2)c1C. The molecule has 3 nitrogen and oxygen atoms in total. The van der Waals surface area contributed by atoms with Crippen molar-refractivity contribution in [2.75, 3.05) is 12.3 Å². The largest absolute Gasteiger partial charge is 0.481 e. The first-order chi connectivity index (χ1) is 10.6. The van der Waals surface area contributed by atoms with Crippen molar-refractivity contribution in [3.05, 3.63) is 29.3 Å². The van der Waals surface area contributed by atoms with Gasteiger partial charge in [-0.15, -0.1) is 0 Å². The van der Waals surface area contributed by atoms with E-state index in [9.17, 15) is 4.79 Å². The fourth-order valence-corrected chi connectivity index (χ4v) is 3.91. The molecule has 0 saturated heterocycles. The molecule has 0 bridgehead atoms. The third-order valence-corrected chi connectivity index (χ3v) is 5.67. The Morgan fingerprint density at radius 3 is 2.82 bits per heavy atom. The molecule has 1 atom stereocenters. The van der Waals surface area contributed by atoms with Gasteiger partial charge >= 0.3 is 0 Å². The van der Waals surface area contributed by atoms with Gasteiger partial charge in [-0.2, -0.15) is 11.8 Å². The van der Waals surface area contributed by atoms with E-state index in [1.165, 1.54) is 31.2 Å². The first-order valence-corrected chi connectivity index (χ1v) is 9.25. The van der Waals surface area contributed by atoms with Crippen LogP contribution in [0.2, 0.25) is 0 Å². The van der Waals surface area contributed by atoms with Gasteiger partial charge in [0.25, 0.3) is 5.91 Å². The molecule has 0 aromatic heterocycles. The lowest BCUT2D eigenvalue weighted by Crippen LogP contribution is -2.37. The Hall–Kier alpha value is -1.16. The van der Waals surface area contributed by atoms with Crippen LogP contribution in [0.5, 0.6) is 5.75 Å². The third-order valence-electron chi connectivity index (χ3n) is 4.28. The van der Waals surface area contributed by atoms with Crippen molar-refractivity contribution < 1.29 is 9.53 Å². The Bertz CT molecular complexity index is 498. The summed E-state index contributed by atoms with van der Waals surface area (Å²) in [7, 11) is 0. The van der Waals surface area contributed by atoms with Crippen LogP contribution in [-0.4, -0.2) is 29.6 Å². The molecule has 1 aliphatic carbocycles. The van der Waals surface area contributed by atoms with Gasteiger partial charge in [0.2, 0.25) is 0 Å². The van der Waals surface area contributed by atoms with Crippen molar-refractivity contribution >= 4 is 17.7 Å². The molecule has 1 fully saturated rings. The zero-order chi connectivity index (χ0) is 15.9. The van der Waals surface area contributed by atoms with E-state index in [1.807, 2.05) is 43.8 Å². The van der Waals surface area contributed by atoms with Crippen LogP contribution < -0.4 is 10.1 Å². The van der Waals surface area contributed by atoms with Gasteiger partial charge in [0.15, 0.2) is 6.10 Å².